The van der Waals surface area contributed by atoms with Crippen LogP contribution in [-0.4, -0.2) is 10.2 Å². The summed E-state index contributed by atoms with van der Waals surface area (Å²) in [5.74, 6) is 1.23. The first-order valence-corrected chi connectivity index (χ1v) is 6.26. The minimum atomic E-state index is 0.573. The summed E-state index contributed by atoms with van der Waals surface area (Å²) in [5.41, 5.74) is 0.941. The van der Waals surface area contributed by atoms with E-state index in [1.807, 2.05) is 24.3 Å². The van der Waals surface area contributed by atoms with Gasteiger partial charge in [-0.3, -0.25) is 0 Å². The van der Waals surface area contributed by atoms with Crippen molar-refractivity contribution < 1.29 is 4.42 Å². The van der Waals surface area contributed by atoms with E-state index in [-0.39, 0.29) is 0 Å². The van der Waals surface area contributed by atoms with Crippen LogP contribution < -0.4 is 0 Å². The summed E-state index contributed by atoms with van der Waals surface area (Å²) in [4.78, 5) is 0. The Morgan fingerprint density at radius 3 is 2.50 bits per heavy atom. The van der Waals surface area contributed by atoms with Crippen LogP contribution in [0.25, 0.3) is 11.5 Å². The van der Waals surface area contributed by atoms with Crippen molar-refractivity contribution >= 4 is 38.5 Å². The Balaban J connectivity index is 2.34. The molecule has 0 fully saturated rings. The fraction of sp³-hybridized carbons (Fsp3) is 0.111. The van der Waals surface area contributed by atoms with Gasteiger partial charge in [-0.1, -0.05) is 38.5 Å². The summed E-state index contributed by atoms with van der Waals surface area (Å²) in [7, 11) is 0. The number of halogens is 2. The van der Waals surface area contributed by atoms with E-state index in [1.54, 1.807) is 0 Å². The van der Waals surface area contributed by atoms with Gasteiger partial charge in [0.05, 0.1) is 4.43 Å². The molecule has 0 aliphatic rings. The van der Waals surface area contributed by atoms with E-state index >= 15 is 0 Å². The van der Waals surface area contributed by atoms with Crippen LogP contribution in [-0.2, 0) is 4.43 Å². The molecule has 0 spiro atoms. The first-order chi connectivity index (χ1) is 6.79. The molecule has 0 radical (unpaired) electrons. The third-order valence-corrected chi connectivity index (χ3v) is 2.85. The zero-order chi connectivity index (χ0) is 9.97. The third kappa shape index (κ3) is 2.14. The highest BCUT2D eigenvalue weighted by molar-refractivity contribution is 14.1. The second-order valence-corrected chi connectivity index (χ2v) is 4.32. The number of rotatable bonds is 2. The van der Waals surface area contributed by atoms with Crippen molar-refractivity contribution in [1.82, 2.24) is 10.2 Å². The normalized spacial score (nSPS) is 10.4. The van der Waals surface area contributed by atoms with E-state index in [1.165, 1.54) is 0 Å². The van der Waals surface area contributed by atoms with Crippen LogP contribution in [0.3, 0.4) is 0 Å². The Labute approximate surface area is 103 Å². The van der Waals surface area contributed by atoms with Gasteiger partial charge in [-0.15, -0.1) is 10.2 Å². The quantitative estimate of drug-likeness (QED) is 0.605. The lowest BCUT2D eigenvalue weighted by atomic mass is 10.2. The van der Waals surface area contributed by atoms with Crippen molar-refractivity contribution in [2.45, 2.75) is 4.43 Å². The average Bonchev–Trinajstić information content (AvgIpc) is 2.67. The molecule has 1 heterocycles. The Morgan fingerprint density at radius 1 is 1.21 bits per heavy atom. The van der Waals surface area contributed by atoms with Crippen molar-refractivity contribution in [2.75, 3.05) is 0 Å². The molecule has 72 valence electrons. The Hall–Kier alpha value is -0.430. The highest BCUT2D eigenvalue weighted by Gasteiger charge is 2.06. The number of hydrogen-bond donors (Lipinski definition) is 0. The zero-order valence-electron chi connectivity index (χ0n) is 7.08. The largest absolute Gasteiger partial charge is 0.420 e. The number of aromatic nitrogens is 2. The standard InChI is InChI=1S/C9H6BrIN2O/c10-7-3-1-6(2-4-7)9-13-12-8(5-11)14-9/h1-4H,5H2. The van der Waals surface area contributed by atoms with E-state index in [0.29, 0.717) is 11.8 Å². The molecular weight excluding hydrogens is 359 g/mol. The van der Waals surface area contributed by atoms with Gasteiger partial charge in [0.25, 0.3) is 0 Å². The minimum absolute atomic E-state index is 0.573. The van der Waals surface area contributed by atoms with Crippen LogP contribution in [0.5, 0.6) is 0 Å². The second kappa shape index (κ2) is 4.39. The van der Waals surface area contributed by atoms with Crippen LogP contribution in [0.2, 0.25) is 0 Å². The van der Waals surface area contributed by atoms with Crippen LogP contribution in [0.15, 0.2) is 33.2 Å². The smallest absolute Gasteiger partial charge is 0.247 e. The van der Waals surface area contributed by atoms with Crippen molar-refractivity contribution in [2.24, 2.45) is 0 Å². The zero-order valence-corrected chi connectivity index (χ0v) is 10.8. The Bertz CT molecular complexity index is 427. The molecule has 2 aromatic rings. The van der Waals surface area contributed by atoms with E-state index in [4.69, 9.17) is 4.42 Å². The number of alkyl halides is 1. The lowest BCUT2D eigenvalue weighted by Gasteiger charge is -1.93. The highest BCUT2D eigenvalue weighted by atomic mass is 127. The average molecular weight is 365 g/mol. The number of hydrogen-bond acceptors (Lipinski definition) is 3. The lowest BCUT2D eigenvalue weighted by molar-refractivity contribution is 0.531. The van der Waals surface area contributed by atoms with Crippen LogP contribution >= 0.6 is 38.5 Å². The Morgan fingerprint density at radius 2 is 1.93 bits per heavy atom. The molecule has 0 bridgehead atoms. The molecule has 14 heavy (non-hydrogen) atoms. The molecule has 1 aromatic carbocycles. The molecule has 3 nitrogen and oxygen atoms in total. The molecule has 0 N–H and O–H groups in total. The molecule has 2 rings (SSSR count). The predicted octanol–water partition coefficient (Wildman–Crippen LogP) is 3.43. The molecule has 0 aliphatic heterocycles. The monoisotopic (exact) mass is 364 g/mol. The first-order valence-electron chi connectivity index (χ1n) is 3.94. The summed E-state index contributed by atoms with van der Waals surface area (Å²) in [6, 6.07) is 7.77. The maximum atomic E-state index is 5.41. The molecule has 0 unspecified atom stereocenters. The molecule has 0 aliphatic carbocycles. The van der Waals surface area contributed by atoms with Gasteiger partial charge in [-0.2, -0.15) is 0 Å². The van der Waals surface area contributed by atoms with E-state index in [9.17, 15) is 0 Å². The molecule has 0 atom stereocenters. The molecule has 0 amide bonds. The van der Waals surface area contributed by atoms with Gasteiger partial charge in [0.2, 0.25) is 11.8 Å². The van der Waals surface area contributed by atoms with Crippen LogP contribution in [0, 0.1) is 0 Å². The molecule has 0 saturated carbocycles. The maximum absolute atomic E-state index is 5.41. The van der Waals surface area contributed by atoms with Crippen molar-refractivity contribution in [3.63, 3.8) is 0 Å². The topological polar surface area (TPSA) is 38.9 Å². The second-order valence-electron chi connectivity index (χ2n) is 2.64. The van der Waals surface area contributed by atoms with Gasteiger partial charge in [-0.05, 0) is 24.3 Å². The molecule has 5 heteroatoms. The SMILES string of the molecule is Brc1ccc(-c2nnc(CI)o2)cc1. The van der Waals surface area contributed by atoms with E-state index in [2.05, 4.69) is 48.7 Å². The molecule has 0 saturated heterocycles. The minimum Gasteiger partial charge on any atom is -0.420 e. The first kappa shape index (κ1) is 10.1. The summed E-state index contributed by atoms with van der Waals surface area (Å²) < 4.78 is 7.19. The fourth-order valence-electron chi connectivity index (χ4n) is 1.02. The van der Waals surface area contributed by atoms with Gasteiger partial charge in [0, 0.05) is 10.0 Å². The van der Waals surface area contributed by atoms with E-state index in [0.717, 1.165) is 14.5 Å². The molecule has 1 aromatic heterocycles. The van der Waals surface area contributed by atoms with Crippen LogP contribution in [0.4, 0.5) is 0 Å². The number of nitrogens with zero attached hydrogens (tertiary/aromatic N) is 2. The Kier molecular flexibility index (Phi) is 3.17. The summed E-state index contributed by atoms with van der Waals surface area (Å²) in [6.45, 7) is 0. The van der Waals surface area contributed by atoms with Crippen molar-refractivity contribution in [1.29, 1.82) is 0 Å². The number of benzene rings is 1. The third-order valence-electron chi connectivity index (χ3n) is 1.67. The van der Waals surface area contributed by atoms with E-state index < -0.39 is 0 Å². The summed E-state index contributed by atoms with van der Waals surface area (Å²) in [6.07, 6.45) is 0. The van der Waals surface area contributed by atoms with Gasteiger partial charge < -0.3 is 4.42 Å². The van der Waals surface area contributed by atoms with Gasteiger partial charge >= 0.3 is 0 Å². The van der Waals surface area contributed by atoms with Gasteiger partial charge in [-0.25, -0.2) is 0 Å². The van der Waals surface area contributed by atoms with Crippen molar-refractivity contribution in [3.05, 3.63) is 34.6 Å². The molecular formula is C9H6BrIN2O. The predicted molar refractivity (Wildman–Crippen MR) is 65.2 cm³/mol. The van der Waals surface area contributed by atoms with Crippen molar-refractivity contribution in [3.8, 4) is 11.5 Å². The summed E-state index contributed by atoms with van der Waals surface area (Å²) >= 11 is 5.56. The maximum Gasteiger partial charge on any atom is 0.247 e. The fourth-order valence-corrected chi connectivity index (χ4v) is 1.59. The van der Waals surface area contributed by atoms with Gasteiger partial charge in [0.1, 0.15) is 0 Å². The summed E-state index contributed by atoms with van der Waals surface area (Å²) in [5, 5.41) is 7.85. The highest BCUT2D eigenvalue weighted by Crippen LogP contribution is 2.20. The van der Waals surface area contributed by atoms with Gasteiger partial charge in [0.15, 0.2) is 0 Å². The lowest BCUT2D eigenvalue weighted by Crippen LogP contribution is -1.76. The van der Waals surface area contributed by atoms with Crippen LogP contribution in [0.1, 0.15) is 5.89 Å².